The summed E-state index contributed by atoms with van der Waals surface area (Å²) in [5.41, 5.74) is 4.27. The zero-order chi connectivity index (χ0) is 18.5. The highest BCUT2D eigenvalue weighted by molar-refractivity contribution is 7.99. The van der Waals surface area contributed by atoms with E-state index in [0.717, 1.165) is 59.2 Å². The van der Waals surface area contributed by atoms with Crippen LogP contribution in [0.2, 0.25) is 0 Å². The average molecular weight is 382 g/mol. The maximum atomic E-state index is 9.81. The number of aromatic nitrogens is 1. The van der Waals surface area contributed by atoms with Crippen molar-refractivity contribution in [1.29, 1.82) is 5.26 Å². The van der Waals surface area contributed by atoms with Gasteiger partial charge in [-0.1, -0.05) is 30.3 Å². The number of fused-ring (bicyclic) bond motifs is 1. The Morgan fingerprint density at radius 3 is 2.67 bits per heavy atom. The number of hydrogen-bond acceptors (Lipinski definition) is 6. The van der Waals surface area contributed by atoms with Crippen LogP contribution in [-0.4, -0.2) is 43.6 Å². The summed E-state index contributed by atoms with van der Waals surface area (Å²) in [4.78, 5) is 7.22. The Balaban J connectivity index is 1.62. The molecule has 6 heteroatoms. The summed E-state index contributed by atoms with van der Waals surface area (Å²) < 4.78 is 11.2. The first kappa shape index (κ1) is 18.3. The van der Waals surface area contributed by atoms with Crippen molar-refractivity contribution in [3.8, 4) is 6.07 Å². The second-order valence-electron chi connectivity index (χ2n) is 6.67. The quantitative estimate of drug-likeness (QED) is 0.742. The van der Waals surface area contributed by atoms with E-state index in [9.17, 15) is 5.26 Å². The third kappa shape index (κ3) is 4.11. The van der Waals surface area contributed by atoms with Crippen molar-refractivity contribution >= 4 is 17.6 Å². The van der Waals surface area contributed by atoms with Crippen LogP contribution in [0.25, 0.3) is 0 Å². The van der Waals surface area contributed by atoms with E-state index in [-0.39, 0.29) is 0 Å². The van der Waals surface area contributed by atoms with Crippen molar-refractivity contribution in [2.75, 3.05) is 43.6 Å². The number of anilines is 1. The number of pyridine rings is 1. The van der Waals surface area contributed by atoms with Gasteiger partial charge in [-0.2, -0.15) is 5.26 Å². The predicted octanol–water partition coefficient (Wildman–Crippen LogP) is 3.20. The molecule has 27 heavy (non-hydrogen) atoms. The molecule has 2 aliphatic rings. The first-order valence-corrected chi connectivity index (χ1v) is 10.4. The third-order valence-electron chi connectivity index (χ3n) is 4.99. The van der Waals surface area contributed by atoms with E-state index in [1.807, 2.05) is 6.07 Å². The maximum Gasteiger partial charge on any atom is 0.135 e. The lowest BCUT2D eigenvalue weighted by Crippen LogP contribution is -2.38. The Kier molecular flexibility index (Phi) is 5.93. The monoisotopic (exact) mass is 381 g/mol. The van der Waals surface area contributed by atoms with E-state index in [2.05, 4.69) is 35.2 Å². The number of ether oxygens (including phenoxy) is 2. The molecule has 2 aromatic rings. The van der Waals surface area contributed by atoms with Gasteiger partial charge in [-0.15, -0.1) is 11.8 Å². The molecule has 1 aromatic carbocycles. The Hall–Kier alpha value is -2.07. The van der Waals surface area contributed by atoms with Crippen molar-refractivity contribution < 1.29 is 9.47 Å². The van der Waals surface area contributed by atoms with Gasteiger partial charge in [0.2, 0.25) is 0 Å². The third-order valence-corrected chi connectivity index (χ3v) is 5.97. The molecule has 2 aliphatic heterocycles. The predicted molar refractivity (Wildman–Crippen MR) is 106 cm³/mol. The van der Waals surface area contributed by atoms with Gasteiger partial charge in [0.05, 0.1) is 32.0 Å². The van der Waals surface area contributed by atoms with Gasteiger partial charge in [-0.3, -0.25) is 0 Å². The van der Waals surface area contributed by atoms with Crippen molar-refractivity contribution in [2.24, 2.45) is 0 Å². The summed E-state index contributed by atoms with van der Waals surface area (Å²) in [5.74, 6) is 1.89. The molecule has 1 aromatic heterocycles. The molecule has 1 saturated heterocycles. The lowest BCUT2D eigenvalue weighted by Gasteiger charge is -2.32. The van der Waals surface area contributed by atoms with Gasteiger partial charge in [-0.25, -0.2) is 4.98 Å². The smallest absolute Gasteiger partial charge is 0.135 e. The van der Waals surface area contributed by atoms with Crippen LogP contribution < -0.4 is 4.90 Å². The van der Waals surface area contributed by atoms with Gasteiger partial charge in [0.15, 0.2) is 0 Å². The molecule has 0 N–H and O–H groups in total. The van der Waals surface area contributed by atoms with E-state index in [1.165, 1.54) is 5.56 Å². The summed E-state index contributed by atoms with van der Waals surface area (Å²) in [6.45, 7) is 4.31. The number of nitriles is 1. The van der Waals surface area contributed by atoms with E-state index < -0.39 is 0 Å². The Morgan fingerprint density at radius 2 is 1.89 bits per heavy atom. The molecular weight excluding hydrogens is 358 g/mol. The first-order chi connectivity index (χ1) is 13.4. The SMILES string of the molecule is N#Cc1c(SCCc2ccccc2)nc(N2CCOCC2)c2c1CCOC2. The van der Waals surface area contributed by atoms with Crippen LogP contribution in [0.4, 0.5) is 5.82 Å². The Bertz CT molecular complexity index is 830. The number of morpholine rings is 1. The van der Waals surface area contributed by atoms with Crippen LogP contribution in [0.3, 0.4) is 0 Å². The summed E-state index contributed by atoms with van der Waals surface area (Å²) in [5, 5.41) is 10.7. The largest absolute Gasteiger partial charge is 0.378 e. The molecule has 3 heterocycles. The minimum absolute atomic E-state index is 0.540. The number of hydrogen-bond donors (Lipinski definition) is 0. The van der Waals surface area contributed by atoms with Crippen LogP contribution in [-0.2, 0) is 28.9 Å². The average Bonchev–Trinajstić information content (AvgIpc) is 2.74. The van der Waals surface area contributed by atoms with Gasteiger partial charge in [0, 0.05) is 24.4 Å². The maximum absolute atomic E-state index is 9.81. The molecule has 0 aliphatic carbocycles. The van der Waals surface area contributed by atoms with Gasteiger partial charge >= 0.3 is 0 Å². The van der Waals surface area contributed by atoms with Gasteiger partial charge in [0.1, 0.15) is 16.9 Å². The molecule has 140 valence electrons. The second-order valence-corrected chi connectivity index (χ2v) is 7.75. The van der Waals surface area contributed by atoms with Crippen molar-refractivity contribution in [1.82, 2.24) is 4.98 Å². The summed E-state index contributed by atoms with van der Waals surface area (Å²) in [7, 11) is 0. The van der Waals surface area contributed by atoms with E-state index in [1.54, 1.807) is 11.8 Å². The number of aryl methyl sites for hydroxylation is 1. The lowest BCUT2D eigenvalue weighted by molar-refractivity contribution is 0.108. The summed E-state index contributed by atoms with van der Waals surface area (Å²) >= 11 is 1.69. The van der Waals surface area contributed by atoms with Crippen LogP contribution in [0.15, 0.2) is 35.4 Å². The number of rotatable bonds is 5. The fourth-order valence-electron chi connectivity index (χ4n) is 3.58. The van der Waals surface area contributed by atoms with Crippen LogP contribution in [0, 0.1) is 11.3 Å². The highest BCUT2D eigenvalue weighted by Gasteiger charge is 2.26. The molecule has 0 radical (unpaired) electrons. The number of nitrogens with zero attached hydrogens (tertiary/aromatic N) is 3. The molecule has 5 nitrogen and oxygen atoms in total. The van der Waals surface area contributed by atoms with Crippen LogP contribution in [0.5, 0.6) is 0 Å². The van der Waals surface area contributed by atoms with E-state index in [0.29, 0.717) is 26.4 Å². The summed E-state index contributed by atoms with van der Waals surface area (Å²) in [6, 6.07) is 12.9. The van der Waals surface area contributed by atoms with Crippen molar-refractivity contribution in [2.45, 2.75) is 24.5 Å². The zero-order valence-corrected chi connectivity index (χ0v) is 16.1. The van der Waals surface area contributed by atoms with Crippen molar-refractivity contribution in [3.05, 3.63) is 52.6 Å². The molecular formula is C21H23N3O2S. The minimum atomic E-state index is 0.540. The van der Waals surface area contributed by atoms with E-state index >= 15 is 0 Å². The molecule has 0 amide bonds. The molecule has 4 rings (SSSR count). The molecule has 0 spiro atoms. The fourth-order valence-corrected chi connectivity index (χ4v) is 4.57. The van der Waals surface area contributed by atoms with Crippen LogP contribution in [0.1, 0.15) is 22.3 Å². The Morgan fingerprint density at radius 1 is 1.07 bits per heavy atom. The second kappa shape index (κ2) is 8.75. The highest BCUT2D eigenvalue weighted by Crippen LogP contribution is 2.35. The Labute approximate surface area is 164 Å². The fraction of sp³-hybridized carbons (Fsp3) is 0.429. The molecule has 0 unspecified atom stereocenters. The zero-order valence-electron chi connectivity index (χ0n) is 15.3. The summed E-state index contributed by atoms with van der Waals surface area (Å²) in [6.07, 6.45) is 1.75. The number of benzene rings is 1. The van der Waals surface area contributed by atoms with Gasteiger partial charge < -0.3 is 14.4 Å². The molecule has 0 bridgehead atoms. The standard InChI is InChI=1S/C21H23N3O2S/c22-14-18-17-6-10-26-15-19(17)20(24-8-11-25-12-9-24)23-21(18)27-13-7-16-4-2-1-3-5-16/h1-5H,6-13,15H2. The van der Waals surface area contributed by atoms with Crippen LogP contribution >= 0.6 is 11.8 Å². The molecule has 1 fully saturated rings. The molecule has 0 saturated carbocycles. The van der Waals surface area contributed by atoms with Gasteiger partial charge in [-0.05, 0) is 24.0 Å². The topological polar surface area (TPSA) is 58.4 Å². The first-order valence-electron chi connectivity index (χ1n) is 9.40. The van der Waals surface area contributed by atoms with Crippen molar-refractivity contribution in [3.63, 3.8) is 0 Å². The lowest BCUT2D eigenvalue weighted by atomic mass is 9.99. The highest BCUT2D eigenvalue weighted by atomic mass is 32.2. The molecule has 0 atom stereocenters. The normalized spacial score (nSPS) is 16.6. The minimum Gasteiger partial charge on any atom is -0.378 e. The van der Waals surface area contributed by atoms with Gasteiger partial charge in [0.25, 0.3) is 0 Å². The van der Waals surface area contributed by atoms with E-state index in [4.69, 9.17) is 14.5 Å². The number of thioether (sulfide) groups is 1.